The summed E-state index contributed by atoms with van der Waals surface area (Å²) in [6.07, 6.45) is 5.00. The second-order valence-electron chi connectivity index (χ2n) is 4.26. The van der Waals surface area contributed by atoms with Crippen molar-refractivity contribution in [3.05, 3.63) is 23.2 Å². The standard InChI is InChI=1S/C12H14ClN3O3/c1-19-12(18)9-4-2-3-5-16(9)11(17)8-6-15-10(13)7-14-8/h6-7,9H,2-5H2,1H3/t9-/m1/s1. The topological polar surface area (TPSA) is 72.4 Å². The van der Waals surface area contributed by atoms with Crippen LogP contribution in [0.2, 0.25) is 5.15 Å². The van der Waals surface area contributed by atoms with E-state index in [1.807, 2.05) is 0 Å². The van der Waals surface area contributed by atoms with Gasteiger partial charge in [0.05, 0.1) is 19.5 Å². The van der Waals surface area contributed by atoms with Crippen LogP contribution in [0.1, 0.15) is 29.8 Å². The molecular formula is C12H14ClN3O3. The number of carbonyl (C=O) groups is 2. The third kappa shape index (κ3) is 3.01. The highest BCUT2D eigenvalue weighted by molar-refractivity contribution is 6.29. The van der Waals surface area contributed by atoms with Gasteiger partial charge in [-0.15, -0.1) is 0 Å². The molecule has 0 N–H and O–H groups in total. The Labute approximate surface area is 115 Å². The van der Waals surface area contributed by atoms with Crippen LogP contribution in [0, 0.1) is 0 Å². The van der Waals surface area contributed by atoms with E-state index in [2.05, 4.69) is 9.97 Å². The quantitative estimate of drug-likeness (QED) is 0.765. The molecule has 0 aliphatic carbocycles. The largest absolute Gasteiger partial charge is 0.467 e. The van der Waals surface area contributed by atoms with Gasteiger partial charge >= 0.3 is 5.97 Å². The summed E-state index contributed by atoms with van der Waals surface area (Å²) in [5.74, 6) is -0.714. The van der Waals surface area contributed by atoms with Crippen LogP contribution >= 0.6 is 11.6 Å². The van der Waals surface area contributed by atoms with Crippen LogP contribution in [0.3, 0.4) is 0 Å². The van der Waals surface area contributed by atoms with Gasteiger partial charge in [-0.1, -0.05) is 11.6 Å². The zero-order chi connectivity index (χ0) is 13.8. The van der Waals surface area contributed by atoms with E-state index in [-0.39, 0.29) is 16.8 Å². The number of methoxy groups -OCH3 is 1. The molecule has 0 saturated carbocycles. The minimum Gasteiger partial charge on any atom is -0.467 e. The van der Waals surface area contributed by atoms with Gasteiger partial charge in [0.2, 0.25) is 0 Å². The summed E-state index contributed by atoms with van der Waals surface area (Å²) in [4.78, 5) is 33.3. The first kappa shape index (κ1) is 13.7. The summed E-state index contributed by atoms with van der Waals surface area (Å²) in [6.45, 7) is 0.517. The van der Waals surface area contributed by atoms with Crippen molar-refractivity contribution in [1.82, 2.24) is 14.9 Å². The Kier molecular flexibility index (Phi) is 4.31. The second-order valence-corrected chi connectivity index (χ2v) is 4.64. The molecule has 2 heterocycles. The first-order valence-corrected chi connectivity index (χ1v) is 6.37. The summed E-state index contributed by atoms with van der Waals surface area (Å²) in [6, 6.07) is -0.538. The van der Waals surface area contributed by atoms with Gasteiger partial charge in [-0.25, -0.2) is 14.8 Å². The Bertz CT molecular complexity index is 478. The number of hydrogen-bond acceptors (Lipinski definition) is 5. The number of aromatic nitrogens is 2. The number of amides is 1. The molecule has 0 bridgehead atoms. The zero-order valence-electron chi connectivity index (χ0n) is 10.5. The molecule has 1 aromatic rings. The summed E-state index contributed by atoms with van der Waals surface area (Å²) in [7, 11) is 1.32. The molecule has 0 radical (unpaired) electrons. The fraction of sp³-hybridized carbons (Fsp3) is 0.500. The van der Waals surface area contributed by atoms with Crippen LogP contribution in [-0.2, 0) is 9.53 Å². The fourth-order valence-corrected chi connectivity index (χ4v) is 2.22. The number of carbonyl (C=O) groups excluding carboxylic acids is 2. The van der Waals surface area contributed by atoms with Gasteiger partial charge in [0, 0.05) is 6.54 Å². The molecular weight excluding hydrogens is 270 g/mol. The smallest absolute Gasteiger partial charge is 0.328 e. The van der Waals surface area contributed by atoms with E-state index in [0.717, 1.165) is 12.8 Å². The minimum absolute atomic E-state index is 0.181. The lowest BCUT2D eigenvalue weighted by molar-refractivity contribution is -0.147. The summed E-state index contributed by atoms with van der Waals surface area (Å²) < 4.78 is 4.74. The molecule has 1 atom stereocenters. The molecule has 7 heteroatoms. The molecule has 1 fully saturated rings. The predicted octanol–water partition coefficient (Wildman–Crippen LogP) is 1.30. The lowest BCUT2D eigenvalue weighted by Crippen LogP contribution is -2.48. The number of nitrogens with zero attached hydrogens (tertiary/aromatic N) is 3. The molecule has 0 spiro atoms. The third-order valence-corrected chi connectivity index (χ3v) is 3.27. The monoisotopic (exact) mass is 283 g/mol. The van der Waals surface area contributed by atoms with E-state index in [1.54, 1.807) is 0 Å². The van der Waals surface area contributed by atoms with Crippen molar-refractivity contribution in [3.8, 4) is 0 Å². The second kappa shape index (κ2) is 5.97. The molecule has 19 heavy (non-hydrogen) atoms. The number of ether oxygens (including phenoxy) is 1. The van der Waals surface area contributed by atoms with Crippen molar-refractivity contribution >= 4 is 23.5 Å². The van der Waals surface area contributed by atoms with Crippen molar-refractivity contribution < 1.29 is 14.3 Å². The molecule has 1 amide bonds. The average molecular weight is 284 g/mol. The van der Waals surface area contributed by atoms with Crippen LogP contribution < -0.4 is 0 Å². The Hall–Kier alpha value is -1.69. The van der Waals surface area contributed by atoms with Gasteiger partial charge in [0.1, 0.15) is 16.9 Å². The molecule has 102 valence electrons. The van der Waals surface area contributed by atoms with Crippen molar-refractivity contribution in [2.45, 2.75) is 25.3 Å². The molecule has 1 aromatic heterocycles. The number of piperidine rings is 1. The summed E-state index contributed by atoms with van der Waals surface area (Å²) in [5.41, 5.74) is 0.181. The summed E-state index contributed by atoms with van der Waals surface area (Å²) in [5, 5.41) is 0.222. The van der Waals surface area contributed by atoms with Gasteiger partial charge in [-0.2, -0.15) is 0 Å². The molecule has 1 saturated heterocycles. The van der Waals surface area contributed by atoms with Gasteiger partial charge in [0.25, 0.3) is 5.91 Å². The highest BCUT2D eigenvalue weighted by atomic mass is 35.5. The van der Waals surface area contributed by atoms with Gasteiger partial charge in [-0.3, -0.25) is 4.79 Å². The first-order valence-electron chi connectivity index (χ1n) is 6.00. The average Bonchev–Trinajstić information content (AvgIpc) is 2.46. The number of rotatable bonds is 2. The maximum Gasteiger partial charge on any atom is 0.328 e. The zero-order valence-corrected chi connectivity index (χ0v) is 11.3. The van der Waals surface area contributed by atoms with E-state index in [0.29, 0.717) is 13.0 Å². The number of likely N-dealkylation sites (tertiary alicyclic amines) is 1. The molecule has 1 aliphatic rings. The first-order chi connectivity index (χ1) is 9.13. The van der Waals surface area contributed by atoms with E-state index < -0.39 is 12.0 Å². The third-order valence-electron chi connectivity index (χ3n) is 3.08. The van der Waals surface area contributed by atoms with Gasteiger partial charge in [0.15, 0.2) is 0 Å². The van der Waals surface area contributed by atoms with Crippen LogP contribution in [0.25, 0.3) is 0 Å². The predicted molar refractivity (Wildman–Crippen MR) is 67.7 cm³/mol. The van der Waals surface area contributed by atoms with Crippen LogP contribution in [0.5, 0.6) is 0 Å². The van der Waals surface area contributed by atoms with Crippen LogP contribution in [-0.4, -0.2) is 46.4 Å². The Morgan fingerprint density at radius 3 is 2.79 bits per heavy atom. The normalized spacial score (nSPS) is 19.1. The molecule has 0 aromatic carbocycles. The van der Waals surface area contributed by atoms with Crippen LogP contribution in [0.4, 0.5) is 0 Å². The van der Waals surface area contributed by atoms with Crippen molar-refractivity contribution in [2.75, 3.05) is 13.7 Å². The van der Waals surface area contributed by atoms with Gasteiger partial charge < -0.3 is 9.64 Å². The van der Waals surface area contributed by atoms with Crippen LogP contribution in [0.15, 0.2) is 12.4 Å². The molecule has 1 aliphatic heterocycles. The van der Waals surface area contributed by atoms with E-state index in [1.165, 1.54) is 24.4 Å². The van der Waals surface area contributed by atoms with Gasteiger partial charge in [-0.05, 0) is 19.3 Å². The SMILES string of the molecule is COC(=O)[C@H]1CCCCN1C(=O)c1cnc(Cl)cn1. The Morgan fingerprint density at radius 1 is 1.37 bits per heavy atom. The highest BCUT2D eigenvalue weighted by Gasteiger charge is 2.33. The van der Waals surface area contributed by atoms with Crippen molar-refractivity contribution in [1.29, 1.82) is 0 Å². The molecule has 2 rings (SSSR count). The fourth-order valence-electron chi connectivity index (χ4n) is 2.13. The Morgan fingerprint density at radius 2 is 2.16 bits per heavy atom. The van der Waals surface area contributed by atoms with E-state index in [9.17, 15) is 9.59 Å². The maximum atomic E-state index is 12.3. The van der Waals surface area contributed by atoms with Crippen molar-refractivity contribution in [3.63, 3.8) is 0 Å². The molecule has 0 unspecified atom stereocenters. The maximum absolute atomic E-state index is 12.3. The number of halogens is 1. The van der Waals surface area contributed by atoms with Crippen molar-refractivity contribution in [2.24, 2.45) is 0 Å². The van der Waals surface area contributed by atoms with E-state index in [4.69, 9.17) is 16.3 Å². The minimum atomic E-state index is -0.538. The molecule has 6 nitrogen and oxygen atoms in total. The summed E-state index contributed by atoms with van der Waals surface area (Å²) >= 11 is 5.63. The lowest BCUT2D eigenvalue weighted by Gasteiger charge is -2.33. The Balaban J connectivity index is 2.20. The highest BCUT2D eigenvalue weighted by Crippen LogP contribution is 2.20. The van der Waals surface area contributed by atoms with E-state index >= 15 is 0 Å². The number of esters is 1. The lowest BCUT2D eigenvalue weighted by atomic mass is 10.0. The number of hydrogen-bond donors (Lipinski definition) is 0.